The first-order chi connectivity index (χ1) is 9.28. The van der Waals surface area contributed by atoms with E-state index < -0.39 is 15.3 Å². The van der Waals surface area contributed by atoms with Gasteiger partial charge in [0.2, 0.25) is 10.0 Å². The molecule has 0 aliphatic heterocycles. The normalized spacial score (nSPS) is 13.5. The highest BCUT2D eigenvalue weighted by Gasteiger charge is 2.27. The highest BCUT2D eigenvalue weighted by atomic mass is 32.2. The summed E-state index contributed by atoms with van der Waals surface area (Å²) in [5, 5.41) is 2.73. The van der Waals surface area contributed by atoms with E-state index >= 15 is 0 Å². The van der Waals surface area contributed by atoms with Gasteiger partial charge in [0, 0.05) is 19.1 Å². The molecule has 1 unspecified atom stereocenters. The van der Waals surface area contributed by atoms with Gasteiger partial charge in [-0.15, -0.1) is 0 Å². The third kappa shape index (κ3) is 4.21. The van der Waals surface area contributed by atoms with Crippen molar-refractivity contribution in [3.05, 3.63) is 29.8 Å². The third-order valence-corrected chi connectivity index (χ3v) is 5.51. The summed E-state index contributed by atoms with van der Waals surface area (Å²) in [4.78, 5) is 0. The molecular formula is C15H26N2O2S. The van der Waals surface area contributed by atoms with E-state index in [2.05, 4.69) is 5.32 Å². The molecule has 0 amide bonds. The zero-order valence-corrected chi connectivity index (χ0v) is 13.9. The van der Waals surface area contributed by atoms with E-state index in [4.69, 9.17) is 0 Å². The fraction of sp³-hybridized carbons (Fsp3) is 0.600. The number of benzene rings is 1. The zero-order chi connectivity index (χ0) is 15.3. The van der Waals surface area contributed by atoms with Crippen LogP contribution in [-0.2, 0) is 10.0 Å². The third-order valence-electron chi connectivity index (χ3n) is 3.24. The number of sulfonamides is 1. The molecule has 0 saturated carbocycles. The number of aryl methyl sites for hydroxylation is 1. The van der Waals surface area contributed by atoms with Gasteiger partial charge in [-0.1, -0.05) is 31.5 Å². The summed E-state index contributed by atoms with van der Waals surface area (Å²) in [5.41, 5.74) is 1.85. The van der Waals surface area contributed by atoms with Crippen LogP contribution >= 0.6 is 0 Å². The maximum absolute atomic E-state index is 12.6. The maximum Gasteiger partial charge on any atom is 0.239 e. The van der Waals surface area contributed by atoms with Crippen LogP contribution in [0.1, 0.15) is 33.3 Å². The van der Waals surface area contributed by atoms with E-state index in [1.165, 1.54) is 4.31 Å². The standard InChI is InChI=1S/C15H26N2O2S/c1-6-17(15-9-7-13(4)8-10-15)20(18,19)14(5)11-16-12(2)3/h7-10,12,14,16H,6,11H2,1-5H3. The average Bonchev–Trinajstić information content (AvgIpc) is 2.38. The molecule has 0 aliphatic carbocycles. The largest absolute Gasteiger partial charge is 0.313 e. The number of nitrogens with one attached hydrogen (secondary N) is 1. The van der Waals surface area contributed by atoms with Gasteiger partial charge < -0.3 is 5.32 Å². The Labute approximate surface area is 123 Å². The Balaban J connectivity index is 2.94. The Morgan fingerprint density at radius 3 is 2.15 bits per heavy atom. The number of hydrogen-bond donors (Lipinski definition) is 1. The first kappa shape index (κ1) is 17.0. The van der Waals surface area contributed by atoms with Gasteiger partial charge in [-0.05, 0) is 32.9 Å². The summed E-state index contributed by atoms with van der Waals surface area (Å²) in [6, 6.07) is 7.87. The van der Waals surface area contributed by atoms with E-state index in [1.54, 1.807) is 6.92 Å². The Morgan fingerprint density at radius 2 is 1.70 bits per heavy atom. The second-order valence-corrected chi connectivity index (χ2v) is 7.69. The first-order valence-electron chi connectivity index (χ1n) is 7.10. The van der Waals surface area contributed by atoms with Crippen LogP contribution in [0.25, 0.3) is 0 Å². The summed E-state index contributed by atoms with van der Waals surface area (Å²) < 4.78 is 26.8. The quantitative estimate of drug-likeness (QED) is 0.841. The molecule has 0 bridgehead atoms. The molecule has 1 aromatic rings. The van der Waals surface area contributed by atoms with Crippen LogP contribution in [-0.4, -0.2) is 32.8 Å². The monoisotopic (exact) mass is 298 g/mol. The van der Waals surface area contributed by atoms with Gasteiger partial charge in [0.25, 0.3) is 0 Å². The van der Waals surface area contributed by atoms with E-state index in [9.17, 15) is 8.42 Å². The van der Waals surface area contributed by atoms with Crippen LogP contribution in [0.4, 0.5) is 5.69 Å². The molecule has 1 atom stereocenters. The molecule has 1 rings (SSSR count). The smallest absolute Gasteiger partial charge is 0.239 e. The lowest BCUT2D eigenvalue weighted by Crippen LogP contribution is -2.43. The van der Waals surface area contributed by atoms with Crippen molar-refractivity contribution in [1.82, 2.24) is 5.32 Å². The Bertz CT molecular complexity index is 509. The van der Waals surface area contributed by atoms with E-state index in [0.717, 1.165) is 11.3 Å². The van der Waals surface area contributed by atoms with Crippen LogP contribution in [0, 0.1) is 6.92 Å². The number of hydrogen-bond acceptors (Lipinski definition) is 3. The molecule has 0 aromatic heterocycles. The second kappa shape index (κ2) is 7.09. The van der Waals surface area contributed by atoms with Crippen molar-refractivity contribution in [2.75, 3.05) is 17.4 Å². The number of rotatable bonds is 7. The van der Waals surface area contributed by atoms with Crippen LogP contribution in [0.15, 0.2) is 24.3 Å². The van der Waals surface area contributed by atoms with Crippen molar-refractivity contribution in [2.24, 2.45) is 0 Å². The van der Waals surface area contributed by atoms with Gasteiger partial charge in [-0.3, -0.25) is 4.31 Å². The highest BCUT2D eigenvalue weighted by Crippen LogP contribution is 2.21. The van der Waals surface area contributed by atoms with Gasteiger partial charge in [0.15, 0.2) is 0 Å². The van der Waals surface area contributed by atoms with Crippen LogP contribution in [0.5, 0.6) is 0 Å². The molecule has 1 aromatic carbocycles. The highest BCUT2D eigenvalue weighted by molar-refractivity contribution is 7.93. The topological polar surface area (TPSA) is 49.4 Å². The summed E-state index contributed by atoms with van der Waals surface area (Å²) >= 11 is 0. The Hall–Kier alpha value is -1.07. The summed E-state index contributed by atoms with van der Waals surface area (Å²) in [6.07, 6.45) is 0. The van der Waals surface area contributed by atoms with Gasteiger partial charge in [-0.25, -0.2) is 8.42 Å². The molecule has 0 saturated heterocycles. The zero-order valence-electron chi connectivity index (χ0n) is 13.1. The second-order valence-electron chi connectivity index (χ2n) is 5.42. The maximum atomic E-state index is 12.6. The fourth-order valence-electron chi connectivity index (χ4n) is 1.94. The fourth-order valence-corrected chi connectivity index (χ4v) is 3.46. The lowest BCUT2D eigenvalue weighted by atomic mass is 10.2. The predicted molar refractivity (Wildman–Crippen MR) is 85.7 cm³/mol. The summed E-state index contributed by atoms with van der Waals surface area (Å²) in [6.45, 7) is 10.5. The molecular weight excluding hydrogens is 272 g/mol. The molecule has 0 heterocycles. The van der Waals surface area contributed by atoms with Crippen molar-refractivity contribution < 1.29 is 8.42 Å². The molecule has 114 valence electrons. The van der Waals surface area contributed by atoms with Crippen molar-refractivity contribution in [3.8, 4) is 0 Å². The molecule has 0 aliphatic rings. The molecule has 0 radical (unpaired) electrons. The molecule has 20 heavy (non-hydrogen) atoms. The molecule has 0 spiro atoms. The molecule has 5 heteroatoms. The van der Waals surface area contributed by atoms with Gasteiger partial charge in [-0.2, -0.15) is 0 Å². The van der Waals surface area contributed by atoms with E-state index in [1.807, 2.05) is 52.0 Å². The average molecular weight is 298 g/mol. The summed E-state index contributed by atoms with van der Waals surface area (Å²) in [5.74, 6) is 0. The predicted octanol–water partition coefficient (Wildman–Crippen LogP) is 2.54. The van der Waals surface area contributed by atoms with Gasteiger partial charge in [0.05, 0.1) is 10.9 Å². The van der Waals surface area contributed by atoms with Crippen LogP contribution in [0.2, 0.25) is 0 Å². The minimum absolute atomic E-state index is 0.280. The SMILES string of the molecule is CCN(c1ccc(C)cc1)S(=O)(=O)C(C)CNC(C)C. The van der Waals surface area contributed by atoms with E-state index in [0.29, 0.717) is 13.1 Å². The Kier molecular flexibility index (Phi) is 6.02. The number of anilines is 1. The minimum Gasteiger partial charge on any atom is -0.313 e. The van der Waals surface area contributed by atoms with Crippen molar-refractivity contribution in [2.45, 2.75) is 45.9 Å². The van der Waals surface area contributed by atoms with Gasteiger partial charge in [0.1, 0.15) is 0 Å². The Morgan fingerprint density at radius 1 is 1.15 bits per heavy atom. The van der Waals surface area contributed by atoms with Crippen molar-refractivity contribution in [3.63, 3.8) is 0 Å². The molecule has 4 nitrogen and oxygen atoms in total. The van der Waals surface area contributed by atoms with Gasteiger partial charge >= 0.3 is 0 Å². The van der Waals surface area contributed by atoms with Crippen LogP contribution < -0.4 is 9.62 Å². The van der Waals surface area contributed by atoms with E-state index in [-0.39, 0.29) is 6.04 Å². The lowest BCUT2D eigenvalue weighted by molar-refractivity contribution is 0.547. The first-order valence-corrected chi connectivity index (χ1v) is 8.61. The molecule has 0 fully saturated rings. The number of nitrogens with zero attached hydrogens (tertiary/aromatic N) is 1. The van der Waals surface area contributed by atoms with Crippen molar-refractivity contribution in [1.29, 1.82) is 0 Å². The van der Waals surface area contributed by atoms with Crippen LogP contribution in [0.3, 0.4) is 0 Å². The molecule has 1 N–H and O–H groups in total. The minimum atomic E-state index is -3.34. The lowest BCUT2D eigenvalue weighted by Gasteiger charge is -2.27. The summed E-state index contributed by atoms with van der Waals surface area (Å²) in [7, 11) is -3.34. The van der Waals surface area contributed by atoms with Crippen molar-refractivity contribution >= 4 is 15.7 Å².